The second-order valence-electron chi connectivity index (χ2n) is 7.94. The fourth-order valence-electron chi connectivity index (χ4n) is 3.82. The van der Waals surface area contributed by atoms with Crippen LogP contribution in [-0.2, 0) is 15.1 Å². The van der Waals surface area contributed by atoms with Gasteiger partial charge in [-0.3, -0.25) is 19.4 Å². The van der Waals surface area contributed by atoms with Crippen LogP contribution in [-0.4, -0.2) is 41.2 Å². The van der Waals surface area contributed by atoms with Crippen molar-refractivity contribution in [1.29, 1.82) is 0 Å². The van der Waals surface area contributed by atoms with Gasteiger partial charge in [0, 0.05) is 25.5 Å². The molecule has 8 heteroatoms. The van der Waals surface area contributed by atoms with Gasteiger partial charge >= 0.3 is 11.8 Å². The van der Waals surface area contributed by atoms with Crippen molar-refractivity contribution < 1.29 is 14.4 Å². The van der Waals surface area contributed by atoms with Gasteiger partial charge in [0.25, 0.3) is 0 Å². The summed E-state index contributed by atoms with van der Waals surface area (Å²) in [6.45, 7) is 4.55. The first kappa shape index (κ1) is 21.3. The van der Waals surface area contributed by atoms with Crippen molar-refractivity contribution in [2.24, 2.45) is 11.7 Å². The largest absolute Gasteiger partial charge is 0.388 e. The molecule has 0 aliphatic carbocycles. The Labute approximate surface area is 175 Å². The Morgan fingerprint density at radius 2 is 1.87 bits per heavy atom. The standard InChI is InChI=1S/C22H27N5O3/c1-14-8-9-22(2,16-4-6-17(24-3)7-5-16)27(13-14)21(30)20(29)26-18-10-15(19(23)28)11-25-12-18/h4-7,10-12,14,24H,8-9,13H2,1-3H3,(H2,23,28)(H,26,29)/t14-,22-/m0/s1. The molecule has 1 aliphatic heterocycles. The zero-order chi connectivity index (χ0) is 21.9. The van der Waals surface area contributed by atoms with E-state index in [9.17, 15) is 14.4 Å². The van der Waals surface area contributed by atoms with E-state index in [2.05, 4.69) is 22.5 Å². The topological polar surface area (TPSA) is 117 Å². The van der Waals surface area contributed by atoms with E-state index in [1.54, 1.807) is 4.90 Å². The molecule has 158 valence electrons. The van der Waals surface area contributed by atoms with Crippen molar-refractivity contribution in [3.05, 3.63) is 53.9 Å². The van der Waals surface area contributed by atoms with Crippen LogP contribution in [0.1, 0.15) is 42.6 Å². The van der Waals surface area contributed by atoms with Crippen molar-refractivity contribution in [1.82, 2.24) is 9.88 Å². The number of likely N-dealkylation sites (tertiary alicyclic amines) is 1. The van der Waals surface area contributed by atoms with E-state index in [0.717, 1.165) is 24.1 Å². The third-order valence-electron chi connectivity index (χ3n) is 5.73. The van der Waals surface area contributed by atoms with Crippen molar-refractivity contribution >= 4 is 29.1 Å². The maximum Gasteiger partial charge on any atom is 0.313 e. The summed E-state index contributed by atoms with van der Waals surface area (Å²) in [6.07, 6.45) is 4.38. The van der Waals surface area contributed by atoms with Gasteiger partial charge < -0.3 is 21.3 Å². The fraction of sp³-hybridized carbons (Fsp3) is 0.364. The molecule has 0 spiro atoms. The number of nitrogens with one attached hydrogen (secondary N) is 2. The number of hydrogen-bond donors (Lipinski definition) is 3. The molecule has 1 aromatic carbocycles. The molecule has 3 rings (SSSR count). The summed E-state index contributed by atoms with van der Waals surface area (Å²) in [5.74, 6) is -1.77. The highest BCUT2D eigenvalue weighted by Gasteiger charge is 2.43. The molecule has 0 saturated carbocycles. The molecular formula is C22H27N5O3. The predicted molar refractivity (Wildman–Crippen MR) is 115 cm³/mol. The molecule has 2 atom stereocenters. The molecule has 8 nitrogen and oxygen atoms in total. The summed E-state index contributed by atoms with van der Waals surface area (Å²) in [7, 11) is 1.85. The first-order valence-corrected chi connectivity index (χ1v) is 9.90. The van der Waals surface area contributed by atoms with Crippen molar-refractivity contribution in [3.63, 3.8) is 0 Å². The van der Waals surface area contributed by atoms with Crippen molar-refractivity contribution in [2.75, 3.05) is 24.2 Å². The van der Waals surface area contributed by atoms with E-state index in [-0.39, 0.29) is 17.2 Å². The van der Waals surface area contributed by atoms with Gasteiger partial charge in [-0.2, -0.15) is 0 Å². The average Bonchev–Trinajstić information content (AvgIpc) is 2.75. The van der Waals surface area contributed by atoms with Crippen LogP contribution in [0.3, 0.4) is 0 Å². The van der Waals surface area contributed by atoms with Gasteiger partial charge in [0.1, 0.15) is 0 Å². The Bertz CT molecular complexity index is 960. The molecule has 1 saturated heterocycles. The lowest BCUT2D eigenvalue weighted by atomic mass is 9.79. The summed E-state index contributed by atoms with van der Waals surface area (Å²) in [4.78, 5) is 42.8. The van der Waals surface area contributed by atoms with Crippen molar-refractivity contribution in [2.45, 2.75) is 32.2 Å². The monoisotopic (exact) mass is 409 g/mol. The summed E-state index contributed by atoms with van der Waals surface area (Å²) in [6, 6.07) is 9.29. The molecule has 0 bridgehead atoms. The minimum atomic E-state index is -0.773. The van der Waals surface area contributed by atoms with Crippen LogP contribution >= 0.6 is 0 Å². The Morgan fingerprint density at radius 3 is 2.50 bits per heavy atom. The van der Waals surface area contributed by atoms with Gasteiger partial charge in [0.05, 0.1) is 23.0 Å². The number of carbonyl (C=O) groups excluding carboxylic acids is 3. The minimum absolute atomic E-state index is 0.154. The van der Waals surface area contributed by atoms with E-state index in [1.807, 2.05) is 38.2 Å². The van der Waals surface area contributed by atoms with Crippen LogP contribution < -0.4 is 16.4 Å². The molecule has 4 N–H and O–H groups in total. The quantitative estimate of drug-likeness (QED) is 0.670. The molecule has 1 aromatic heterocycles. The smallest absolute Gasteiger partial charge is 0.313 e. The van der Waals surface area contributed by atoms with Crippen LogP contribution in [0.4, 0.5) is 11.4 Å². The van der Waals surface area contributed by atoms with Crippen LogP contribution in [0.2, 0.25) is 0 Å². The second-order valence-corrected chi connectivity index (χ2v) is 7.94. The number of aromatic nitrogens is 1. The molecular weight excluding hydrogens is 382 g/mol. The van der Waals surface area contributed by atoms with Crippen molar-refractivity contribution in [3.8, 4) is 0 Å². The molecule has 3 amide bonds. The van der Waals surface area contributed by atoms with E-state index in [1.165, 1.54) is 18.5 Å². The number of rotatable bonds is 4. The molecule has 0 unspecified atom stereocenters. The maximum absolute atomic E-state index is 13.2. The van der Waals surface area contributed by atoms with E-state index in [4.69, 9.17) is 5.73 Å². The van der Waals surface area contributed by atoms with Crippen LogP contribution in [0, 0.1) is 5.92 Å². The average molecular weight is 409 g/mol. The zero-order valence-electron chi connectivity index (χ0n) is 17.4. The van der Waals surface area contributed by atoms with E-state index < -0.39 is 23.3 Å². The third kappa shape index (κ3) is 4.27. The number of anilines is 2. The highest BCUT2D eigenvalue weighted by atomic mass is 16.2. The Kier molecular flexibility index (Phi) is 6.05. The fourth-order valence-corrected chi connectivity index (χ4v) is 3.82. The lowest BCUT2D eigenvalue weighted by Crippen LogP contribution is -2.55. The number of hydrogen-bond acceptors (Lipinski definition) is 5. The van der Waals surface area contributed by atoms with Crippen LogP contribution in [0.15, 0.2) is 42.7 Å². The van der Waals surface area contributed by atoms with Gasteiger partial charge in [0.15, 0.2) is 0 Å². The Balaban J connectivity index is 1.85. The number of carbonyl (C=O) groups is 3. The number of piperidine rings is 1. The maximum atomic E-state index is 13.2. The number of amides is 3. The number of pyridine rings is 1. The predicted octanol–water partition coefficient (Wildman–Crippen LogP) is 2.33. The summed E-state index contributed by atoms with van der Waals surface area (Å²) in [5, 5.41) is 5.63. The first-order valence-electron chi connectivity index (χ1n) is 9.90. The van der Waals surface area contributed by atoms with Gasteiger partial charge in [-0.25, -0.2) is 0 Å². The second kappa shape index (κ2) is 8.52. The third-order valence-corrected chi connectivity index (χ3v) is 5.73. The normalized spacial score (nSPS) is 21.0. The minimum Gasteiger partial charge on any atom is -0.388 e. The Morgan fingerprint density at radius 1 is 1.17 bits per heavy atom. The zero-order valence-corrected chi connectivity index (χ0v) is 17.4. The molecule has 30 heavy (non-hydrogen) atoms. The number of nitrogens with zero attached hydrogens (tertiary/aromatic N) is 2. The SMILES string of the molecule is CNc1ccc([C@]2(C)CC[C@H](C)CN2C(=O)C(=O)Nc2cncc(C(N)=O)c2)cc1. The van der Waals surface area contributed by atoms with Gasteiger partial charge in [0.2, 0.25) is 5.91 Å². The molecule has 1 aliphatic rings. The molecule has 2 heterocycles. The summed E-state index contributed by atoms with van der Waals surface area (Å²) >= 11 is 0. The first-order chi connectivity index (χ1) is 14.2. The molecule has 1 fully saturated rings. The highest BCUT2D eigenvalue weighted by molar-refractivity contribution is 6.39. The lowest BCUT2D eigenvalue weighted by molar-refractivity contribution is -0.150. The van der Waals surface area contributed by atoms with Crippen LogP contribution in [0.25, 0.3) is 0 Å². The summed E-state index contributed by atoms with van der Waals surface area (Å²) < 4.78 is 0. The molecule has 2 aromatic rings. The van der Waals surface area contributed by atoms with Gasteiger partial charge in [-0.15, -0.1) is 0 Å². The van der Waals surface area contributed by atoms with E-state index >= 15 is 0 Å². The Hall–Kier alpha value is -3.42. The number of primary amides is 1. The van der Waals surface area contributed by atoms with E-state index in [0.29, 0.717) is 6.54 Å². The summed E-state index contributed by atoms with van der Waals surface area (Å²) in [5.41, 5.74) is 7.01. The van der Waals surface area contributed by atoms with Crippen LogP contribution in [0.5, 0.6) is 0 Å². The number of benzene rings is 1. The van der Waals surface area contributed by atoms with Gasteiger partial charge in [-0.1, -0.05) is 19.1 Å². The molecule has 0 radical (unpaired) electrons. The highest BCUT2D eigenvalue weighted by Crippen LogP contribution is 2.39. The lowest BCUT2D eigenvalue weighted by Gasteiger charge is -2.47. The number of nitrogens with two attached hydrogens (primary N) is 1. The van der Waals surface area contributed by atoms with Gasteiger partial charge in [-0.05, 0) is 49.4 Å².